The molecule has 0 spiro atoms. The normalized spacial score (nSPS) is 15.6. The molecule has 144 valence electrons. The van der Waals surface area contributed by atoms with Gasteiger partial charge in [0.25, 0.3) is 0 Å². The number of carbonyl (C=O) groups is 1. The fraction of sp³-hybridized carbons (Fsp3) is 0.333. The van der Waals surface area contributed by atoms with Crippen molar-refractivity contribution in [1.82, 2.24) is 14.8 Å². The Morgan fingerprint density at radius 1 is 1.18 bits per heavy atom. The maximum Gasteiger partial charge on any atom is 0.163 e. The van der Waals surface area contributed by atoms with Gasteiger partial charge in [-0.1, -0.05) is 30.7 Å². The summed E-state index contributed by atoms with van der Waals surface area (Å²) in [6.45, 7) is 8.05. The van der Waals surface area contributed by atoms with E-state index in [1.54, 1.807) is 11.3 Å². The van der Waals surface area contributed by atoms with E-state index in [1.165, 1.54) is 10.4 Å². The molecule has 0 unspecified atom stereocenters. The first-order valence-corrected chi connectivity index (χ1v) is 10.5. The molecule has 5 nitrogen and oxygen atoms in total. The van der Waals surface area contributed by atoms with Gasteiger partial charge in [0, 0.05) is 33.9 Å². The van der Waals surface area contributed by atoms with Crippen molar-refractivity contribution in [1.29, 1.82) is 0 Å². The van der Waals surface area contributed by atoms with Gasteiger partial charge in [0.2, 0.25) is 0 Å². The van der Waals surface area contributed by atoms with Gasteiger partial charge in [0.1, 0.15) is 22.7 Å². The summed E-state index contributed by atoms with van der Waals surface area (Å²) >= 11 is 7.82. The molecular formula is C21H21ClN4OS. The third kappa shape index (κ3) is 3.10. The minimum Gasteiger partial charge on any atom is -0.300 e. The lowest BCUT2D eigenvalue weighted by atomic mass is 9.99. The summed E-state index contributed by atoms with van der Waals surface area (Å²) in [6, 6.07) is 7.34. The van der Waals surface area contributed by atoms with Crippen molar-refractivity contribution >= 4 is 34.4 Å². The van der Waals surface area contributed by atoms with Crippen LogP contribution in [0.1, 0.15) is 59.0 Å². The molecule has 7 heteroatoms. The molecule has 0 saturated heterocycles. The van der Waals surface area contributed by atoms with Crippen LogP contribution < -0.4 is 0 Å². The van der Waals surface area contributed by atoms with Gasteiger partial charge in [-0.05, 0) is 38.5 Å². The van der Waals surface area contributed by atoms with Crippen molar-refractivity contribution < 1.29 is 4.79 Å². The summed E-state index contributed by atoms with van der Waals surface area (Å²) < 4.78 is 2.07. The van der Waals surface area contributed by atoms with Gasteiger partial charge >= 0.3 is 0 Å². The average molecular weight is 413 g/mol. The maximum absolute atomic E-state index is 12.3. The minimum absolute atomic E-state index is 0.162. The Labute approximate surface area is 173 Å². The number of aromatic nitrogens is 3. The summed E-state index contributed by atoms with van der Waals surface area (Å²) in [7, 11) is 0. The fourth-order valence-corrected chi connectivity index (χ4v) is 4.83. The Bertz CT molecular complexity index is 1090. The molecule has 1 aromatic carbocycles. The van der Waals surface area contributed by atoms with Crippen LogP contribution in [0.2, 0.25) is 5.02 Å². The number of halogens is 1. The molecule has 1 aliphatic rings. The zero-order valence-corrected chi connectivity index (χ0v) is 17.9. The zero-order valence-electron chi connectivity index (χ0n) is 16.3. The van der Waals surface area contributed by atoms with Gasteiger partial charge in [0.05, 0.1) is 5.71 Å². The summed E-state index contributed by atoms with van der Waals surface area (Å²) in [5.74, 6) is 1.69. The molecule has 0 bridgehead atoms. The van der Waals surface area contributed by atoms with Crippen LogP contribution >= 0.6 is 22.9 Å². The molecule has 0 fully saturated rings. The largest absolute Gasteiger partial charge is 0.300 e. The van der Waals surface area contributed by atoms with Crippen molar-refractivity contribution in [3.05, 3.63) is 62.5 Å². The average Bonchev–Trinajstić information content (AvgIpc) is 3.15. The molecule has 28 heavy (non-hydrogen) atoms. The van der Waals surface area contributed by atoms with Gasteiger partial charge in [0.15, 0.2) is 5.82 Å². The molecule has 4 rings (SSSR count). The van der Waals surface area contributed by atoms with Crippen molar-refractivity contribution in [3.8, 4) is 5.00 Å². The van der Waals surface area contributed by atoms with Gasteiger partial charge in [-0.3, -0.25) is 14.4 Å². The monoisotopic (exact) mass is 412 g/mol. The molecule has 2 aromatic heterocycles. The number of benzene rings is 1. The first-order chi connectivity index (χ1) is 13.4. The number of hydrogen-bond donors (Lipinski definition) is 0. The van der Waals surface area contributed by atoms with Crippen LogP contribution in [0.4, 0.5) is 0 Å². The zero-order chi connectivity index (χ0) is 20.0. The van der Waals surface area contributed by atoms with Crippen LogP contribution in [0.25, 0.3) is 5.00 Å². The van der Waals surface area contributed by atoms with Crippen molar-refractivity contribution in [2.24, 2.45) is 4.99 Å². The number of fused-ring (bicyclic) bond motifs is 3. The number of carbonyl (C=O) groups excluding carboxylic acids is 1. The molecular weight excluding hydrogens is 392 g/mol. The van der Waals surface area contributed by atoms with E-state index < -0.39 is 0 Å². The van der Waals surface area contributed by atoms with Crippen LogP contribution in [0.5, 0.6) is 0 Å². The second-order valence-corrected chi connectivity index (χ2v) is 8.64. The molecule has 1 aliphatic heterocycles. The molecule has 0 saturated carbocycles. The molecule has 3 heterocycles. The van der Waals surface area contributed by atoms with Crippen LogP contribution in [-0.2, 0) is 4.79 Å². The first-order valence-electron chi connectivity index (χ1n) is 9.28. The number of aliphatic imine (C=N–C) groups is 1. The lowest BCUT2D eigenvalue weighted by Crippen LogP contribution is -2.10. The van der Waals surface area contributed by atoms with Gasteiger partial charge < -0.3 is 0 Å². The Balaban J connectivity index is 2.01. The second-order valence-electron chi connectivity index (χ2n) is 7.00. The smallest absolute Gasteiger partial charge is 0.163 e. The van der Waals surface area contributed by atoms with Crippen molar-refractivity contribution in [3.63, 3.8) is 0 Å². The lowest BCUT2D eigenvalue weighted by Gasteiger charge is -2.11. The van der Waals surface area contributed by atoms with E-state index >= 15 is 0 Å². The second kappa shape index (κ2) is 7.26. The predicted octanol–water partition coefficient (Wildman–Crippen LogP) is 5.17. The fourth-order valence-electron chi connectivity index (χ4n) is 3.49. The summed E-state index contributed by atoms with van der Waals surface area (Å²) in [5.41, 5.74) is 4.14. The topological polar surface area (TPSA) is 60.1 Å². The van der Waals surface area contributed by atoms with E-state index in [1.807, 2.05) is 38.1 Å². The molecule has 0 aliphatic carbocycles. The number of nitrogens with zero attached hydrogens (tertiary/aromatic N) is 4. The minimum atomic E-state index is -0.362. The number of hydrogen-bond acceptors (Lipinski definition) is 5. The Hall–Kier alpha value is -2.31. The van der Waals surface area contributed by atoms with E-state index in [9.17, 15) is 4.79 Å². The number of rotatable bonds is 4. The predicted molar refractivity (Wildman–Crippen MR) is 113 cm³/mol. The van der Waals surface area contributed by atoms with E-state index in [4.69, 9.17) is 16.6 Å². The quantitative estimate of drug-likeness (QED) is 0.594. The molecule has 1 atom stereocenters. The SMILES string of the molecule is CCC(=O)C[C@H]1N=C(c2ccc(Cl)cc2)c2c(sc(C)c2C)-n2c(C)nnc21. The van der Waals surface area contributed by atoms with Gasteiger partial charge in [-0.15, -0.1) is 21.5 Å². The van der Waals surface area contributed by atoms with Crippen molar-refractivity contribution in [2.45, 2.75) is 46.6 Å². The van der Waals surface area contributed by atoms with Crippen LogP contribution in [0.3, 0.4) is 0 Å². The first kappa shape index (κ1) is 19.0. The van der Waals surface area contributed by atoms with Crippen molar-refractivity contribution in [2.75, 3.05) is 0 Å². The van der Waals surface area contributed by atoms with Crippen LogP contribution in [0.15, 0.2) is 29.3 Å². The standard InChI is InChI=1S/C21H21ClN4OS/c1-5-16(27)10-17-20-25-24-13(4)26(20)21-18(11(2)12(3)28-21)19(23-17)14-6-8-15(22)9-7-14/h6-9,17H,5,10H2,1-4H3/t17-/m1/s1. The number of aryl methyl sites for hydroxylation is 2. The highest BCUT2D eigenvalue weighted by atomic mass is 35.5. The van der Waals surface area contributed by atoms with Gasteiger partial charge in [-0.2, -0.15) is 0 Å². The molecule has 3 aromatic rings. The van der Waals surface area contributed by atoms with E-state index in [0.29, 0.717) is 17.9 Å². The highest BCUT2D eigenvalue weighted by Crippen LogP contribution is 2.39. The molecule has 0 radical (unpaired) electrons. The van der Waals surface area contributed by atoms with Gasteiger partial charge in [-0.25, -0.2) is 0 Å². The number of thiophene rings is 1. The third-order valence-electron chi connectivity index (χ3n) is 5.17. The lowest BCUT2D eigenvalue weighted by molar-refractivity contribution is -0.119. The summed E-state index contributed by atoms with van der Waals surface area (Å²) in [6.07, 6.45) is 0.800. The summed E-state index contributed by atoms with van der Waals surface area (Å²) in [4.78, 5) is 18.6. The number of ketones is 1. The highest BCUT2D eigenvalue weighted by Gasteiger charge is 2.32. The third-order valence-corrected chi connectivity index (χ3v) is 6.62. The maximum atomic E-state index is 12.3. The Morgan fingerprint density at radius 2 is 1.89 bits per heavy atom. The molecule has 0 N–H and O–H groups in total. The Morgan fingerprint density at radius 3 is 2.57 bits per heavy atom. The van der Waals surface area contributed by atoms with E-state index in [0.717, 1.165) is 33.5 Å². The molecule has 0 amide bonds. The summed E-state index contributed by atoms with van der Waals surface area (Å²) in [5, 5.41) is 10.4. The van der Waals surface area contributed by atoms with Crippen LogP contribution in [-0.4, -0.2) is 26.3 Å². The number of Topliss-reactive ketones (excluding diaryl/α,β-unsaturated/α-hetero) is 1. The van der Waals surface area contributed by atoms with E-state index in [2.05, 4.69) is 28.6 Å². The van der Waals surface area contributed by atoms with Crippen LogP contribution in [0, 0.1) is 20.8 Å². The van der Waals surface area contributed by atoms with E-state index in [-0.39, 0.29) is 11.8 Å². The Kier molecular flexibility index (Phi) is 4.93. The highest BCUT2D eigenvalue weighted by molar-refractivity contribution is 7.15.